The molecule has 1 aromatic rings. The Morgan fingerprint density at radius 2 is 1.75 bits per heavy atom. The smallest absolute Gasteiger partial charge is 0.471 e. The predicted octanol–water partition coefficient (Wildman–Crippen LogP) is 1.91. The van der Waals surface area contributed by atoms with Crippen molar-refractivity contribution in [3.05, 3.63) is 17.9 Å². The van der Waals surface area contributed by atoms with Gasteiger partial charge in [0, 0.05) is 18.6 Å². The molecule has 6 heteroatoms. The average Bonchev–Trinajstić information content (AvgIpc) is 2.77. The molecule has 0 atom stereocenters. The topological polar surface area (TPSA) is 30.9 Å². The summed E-state index contributed by atoms with van der Waals surface area (Å²) in [6, 6.07) is 3.15. The van der Waals surface area contributed by atoms with Crippen molar-refractivity contribution in [3.63, 3.8) is 0 Å². The van der Waals surface area contributed by atoms with Crippen LogP contribution < -0.4 is 15.1 Å². The minimum Gasteiger partial charge on any atom is -0.471 e. The summed E-state index contributed by atoms with van der Waals surface area (Å²) in [6.45, 7) is 8.22. The normalized spacial score (nSPS) is 22.9. The monoisotopic (exact) mass is 279 g/mol. The number of nitrogens with zero attached hydrogens (tertiary/aromatic N) is 1. The lowest BCUT2D eigenvalue weighted by molar-refractivity contribution is 0.00578. The Morgan fingerprint density at radius 3 is 2.35 bits per heavy atom. The SMILES string of the molecule is CN1COc2cc(B3OC(C)(C)C(C)(C)O3)c(F)cc21. The number of rotatable bonds is 1. The maximum Gasteiger partial charge on any atom is 0.497 e. The van der Waals surface area contributed by atoms with Crippen molar-refractivity contribution in [2.75, 3.05) is 18.7 Å². The molecule has 0 aromatic heterocycles. The van der Waals surface area contributed by atoms with Gasteiger partial charge in [-0.05, 0) is 33.8 Å². The van der Waals surface area contributed by atoms with Crippen molar-refractivity contribution in [1.29, 1.82) is 0 Å². The van der Waals surface area contributed by atoms with Crippen LogP contribution in [0.4, 0.5) is 10.1 Å². The van der Waals surface area contributed by atoms with Gasteiger partial charge in [-0.15, -0.1) is 0 Å². The molecule has 0 aliphatic carbocycles. The van der Waals surface area contributed by atoms with Gasteiger partial charge >= 0.3 is 7.12 Å². The van der Waals surface area contributed by atoms with Crippen molar-refractivity contribution in [2.24, 2.45) is 0 Å². The van der Waals surface area contributed by atoms with Crippen LogP contribution in [0.5, 0.6) is 5.75 Å². The van der Waals surface area contributed by atoms with Gasteiger partial charge in [-0.1, -0.05) is 0 Å². The number of hydrogen-bond donors (Lipinski definition) is 0. The summed E-state index contributed by atoms with van der Waals surface area (Å²) in [6.07, 6.45) is 0. The van der Waals surface area contributed by atoms with Crippen molar-refractivity contribution < 1.29 is 18.4 Å². The van der Waals surface area contributed by atoms with Crippen molar-refractivity contribution in [3.8, 4) is 5.75 Å². The molecule has 2 heterocycles. The molecule has 0 spiro atoms. The van der Waals surface area contributed by atoms with Crippen molar-refractivity contribution in [2.45, 2.75) is 38.9 Å². The number of ether oxygens (including phenoxy) is 1. The maximum absolute atomic E-state index is 14.3. The maximum atomic E-state index is 14.3. The van der Waals surface area contributed by atoms with Gasteiger partial charge in [-0.2, -0.15) is 0 Å². The van der Waals surface area contributed by atoms with E-state index in [-0.39, 0.29) is 5.82 Å². The Kier molecular flexibility index (Phi) is 2.82. The van der Waals surface area contributed by atoms with E-state index in [2.05, 4.69) is 0 Å². The van der Waals surface area contributed by atoms with Gasteiger partial charge in [-0.3, -0.25) is 0 Å². The highest BCUT2D eigenvalue weighted by molar-refractivity contribution is 6.62. The van der Waals surface area contributed by atoms with Crippen LogP contribution in [0.2, 0.25) is 0 Å². The second kappa shape index (κ2) is 4.12. The highest BCUT2D eigenvalue weighted by Crippen LogP contribution is 2.38. The molecule has 0 N–H and O–H groups in total. The molecule has 1 aromatic carbocycles. The number of benzene rings is 1. The van der Waals surface area contributed by atoms with Crippen LogP contribution >= 0.6 is 0 Å². The van der Waals surface area contributed by atoms with E-state index in [0.29, 0.717) is 17.9 Å². The van der Waals surface area contributed by atoms with Crippen LogP contribution in [0, 0.1) is 5.82 Å². The first-order valence-electron chi connectivity index (χ1n) is 6.74. The van der Waals surface area contributed by atoms with Crippen LogP contribution in [0.25, 0.3) is 0 Å². The Hall–Kier alpha value is -1.27. The Bertz CT molecular complexity index is 546. The van der Waals surface area contributed by atoms with Gasteiger partial charge in [0.25, 0.3) is 0 Å². The number of fused-ring (bicyclic) bond motifs is 1. The lowest BCUT2D eigenvalue weighted by Gasteiger charge is -2.32. The van der Waals surface area contributed by atoms with E-state index in [0.717, 1.165) is 5.69 Å². The zero-order valence-corrected chi connectivity index (χ0v) is 12.5. The quantitative estimate of drug-likeness (QED) is 0.735. The molecule has 0 unspecified atom stereocenters. The molecule has 3 rings (SSSR count). The Morgan fingerprint density at radius 1 is 1.15 bits per heavy atom. The first-order chi connectivity index (χ1) is 9.21. The average molecular weight is 279 g/mol. The third kappa shape index (κ3) is 1.90. The lowest BCUT2D eigenvalue weighted by atomic mass is 9.78. The fraction of sp³-hybridized carbons (Fsp3) is 0.571. The Balaban J connectivity index is 1.97. The highest BCUT2D eigenvalue weighted by atomic mass is 19.1. The van der Waals surface area contributed by atoms with Crippen LogP contribution in [-0.2, 0) is 9.31 Å². The summed E-state index contributed by atoms with van der Waals surface area (Å²) in [5.74, 6) is 0.332. The van der Waals surface area contributed by atoms with Gasteiger partial charge in [0.05, 0.1) is 16.9 Å². The van der Waals surface area contributed by atoms with E-state index in [1.54, 1.807) is 6.07 Å². The van der Waals surface area contributed by atoms with Crippen LogP contribution in [0.3, 0.4) is 0 Å². The van der Waals surface area contributed by atoms with E-state index in [1.807, 2.05) is 39.6 Å². The fourth-order valence-electron chi connectivity index (χ4n) is 2.36. The molecule has 2 aliphatic heterocycles. The van der Waals surface area contributed by atoms with Crippen LogP contribution in [0.15, 0.2) is 12.1 Å². The molecule has 108 valence electrons. The minimum atomic E-state index is -0.709. The van der Waals surface area contributed by atoms with Gasteiger partial charge in [0.1, 0.15) is 11.6 Å². The summed E-state index contributed by atoms with van der Waals surface area (Å²) >= 11 is 0. The predicted molar refractivity (Wildman–Crippen MR) is 76.0 cm³/mol. The molecule has 2 aliphatic rings. The third-order valence-electron chi connectivity index (χ3n) is 4.41. The second-order valence-electron chi connectivity index (χ2n) is 6.40. The summed E-state index contributed by atoms with van der Waals surface area (Å²) in [5.41, 5.74) is 0.169. The molecule has 20 heavy (non-hydrogen) atoms. The van der Waals surface area contributed by atoms with E-state index in [4.69, 9.17) is 14.0 Å². The van der Waals surface area contributed by atoms with Crippen LogP contribution in [-0.4, -0.2) is 32.1 Å². The van der Waals surface area contributed by atoms with Crippen LogP contribution in [0.1, 0.15) is 27.7 Å². The molecule has 0 saturated carbocycles. The first-order valence-corrected chi connectivity index (χ1v) is 6.74. The molecule has 0 amide bonds. The largest absolute Gasteiger partial charge is 0.497 e. The molecular formula is C14H19BFNO3. The van der Waals surface area contributed by atoms with Gasteiger partial charge in [-0.25, -0.2) is 4.39 Å². The van der Waals surface area contributed by atoms with Gasteiger partial charge in [0.15, 0.2) is 6.73 Å². The van der Waals surface area contributed by atoms with E-state index in [9.17, 15) is 4.39 Å². The molecule has 0 radical (unpaired) electrons. The van der Waals surface area contributed by atoms with Gasteiger partial charge in [0.2, 0.25) is 0 Å². The van der Waals surface area contributed by atoms with Gasteiger partial charge < -0.3 is 18.9 Å². The standard InChI is InChI=1S/C14H19BFNO3/c1-13(2)14(3,4)20-15(19-13)9-6-12-11(7-10(9)16)17(5)8-18-12/h6-7H,8H2,1-5H3. The molecule has 4 nitrogen and oxygen atoms in total. The fourth-order valence-corrected chi connectivity index (χ4v) is 2.36. The molecular weight excluding hydrogens is 260 g/mol. The molecule has 0 bridgehead atoms. The minimum absolute atomic E-state index is 0.334. The van der Waals surface area contributed by atoms with Crippen molar-refractivity contribution in [1.82, 2.24) is 0 Å². The van der Waals surface area contributed by atoms with Crippen molar-refractivity contribution >= 4 is 18.3 Å². The van der Waals surface area contributed by atoms with E-state index >= 15 is 0 Å². The zero-order valence-electron chi connectivity index (χ0n) is 12.5. The highest BCUT2D eigenvalue weighted by Gasteiger charge is 2.52. The number of anilines is 1. The third-order valence-corrected chi connectivity index (χ3v) is 4.41. The molecule has 1 saturated heterocycles. The van der Waals surface area contributed by atoms with E-state index < -0.39 is 18.3 Å². The summed E-state index contributed by atoms with van der Waals surface area (Å²) in [4.78, 5) is 1.85. The second-order valence-corrected chi connectivity index (χ2v) is 6.40. The summed E-state index contributed by atoms with van der Waals surface area (Å²) in [7, 11) is 1.15. The lowest BCUT2D eigenvalue weighted by Crippen LogP contribution is -2.41. The summed E-state index contributed by atoms with van der Waals surface area (Å²) < 4.78 is 31.6. The first kappa shape index (κ1) is 13.7. The van der Waals surface area contributed by atoms with E-state index in [1.165, 1.54) is 6.07 Å². The number of halogens is 1. The number of hydrogen-bond acceptors (Lipinski definition) is 4. The summed E-state index contributed by atoms with van der Waals surface area (Å²) in [5, 5.41) is 0. The molecule has 1 fully saturated rings. The zero-order chi connectivity index (χ0) is 14.7. The Labute approximate surface area is 118 Å².